The van der Waals surface area contributed by atoms with E-state index < -0.39 is 11.2 Å². The lowest BCUT2D eigenvalue weighted by atomic mass is 10.1. The molecule has 4 rings (SSSR count). The summed E-state index contributed by atoms with van der Waals surface area (Å²) in [5, 5.41) is 13.4. The molecule has 2 amide bonds. The van der Waals surface area contributed by atoms with Gasteiger partial charge < -0.3 is 5.32 Å². The Morgan fingerprint density at radius 1 is 1.00 bits per heavy atom. The van der Waals surface area contributed by atoms with Crippen molar-refractivity contribution in [2.24, 2.45) is 0 Å². The summed E-state index contributed by atoms with van der Waals surface area (Å²) in [4.78, 5) is 28.4. The first-order valence-electron chi connectivity index (χ1n) is 10.8. The Hall–Kier alpha value is -3.24. The number of carbonyl (C=O) groups excluding carboxylic acids is 2. The lowest BCUT2D eigenvalue weighted by molar-refractivity contribution is -0.117. The van der Waals surface area contributed by atoms with E-state index in [1.54, 1.807) is 36.4 Å². The smallest absolute Gasteiger partial charge is 0.269 e. The van der Waals surface area contributed by atoms with Gasteiger partial charge in [-0.05, 0) is 61.2 Å². The molecule has 0 bridgehead atoms. The number of nitrogens with one attached hydrogen (secondary N) is 1. The summed E-state index contributed by atoms with van der Waals surface area (Å²) in [5.41, 5.74) is 3.43. The van der Waals surface area contributed by atoms with Crippen LogP contribution in [0.4, 0.5) is 11.4 Å². The van der Waals surface area contributed by atoms with E-state index in [9.17, 15) is 14.9 Å². The fraction of sp³-hybridized carbons (Fsp3) is 0.148. The minimum absolute atomic E-state index is 0.136. The maximum absolute atomic E-state index is 13.7. The van der Waals surface area contributed by atoms with Crippen LogP contribution in [-0.4, -0.2) is 17.1 Å². The molecule has 35 heavy (non-hydrogen) atoms. The zero-order chi connectivity index (χ0) is 25.1. The van der Waals surface area contributed by atoms with Gasteiger partial charge in [0.25, 0.3) is 5.91 Å². The molecule has 1 aliphatic rings. The van der Waals surface area contributed by atoms with Crippen LogP contribution in [0.25, 0.3) is 0 Å². The molecule has 1 unspecified atom stereocenters. The average molecular weight is 522 g/mol. The Kier molecular flexibility index (Phi) is 7.51. The summed E-state index contributed by atoms with van der Waals surface area (Å²) in [5.74, 6) is -0.821. The summed E-state index contributed by atoms with van der Waals surface area (Å²) >= 11 is 13.9. The van der Waals surface area contributed by atoms with Gasteiger partial charge >= 0.3 is 0 Å². The molecule has 1 atom stereocenters. The van der Waals surface area contributed by atoms with Crippen LogP contribution in [0, 0.1) is 25.2 Å². The van der Waals surface area contributed by atoms with Crippen molar-refractivity contribution in [3.8, 4) is 6.07 Å². The summed E-state index contributed by atoms with van der Waals surface area (Å²) < 4.78 is 0. The van der Waals surface area contributed by atoms with Crippen molar-refractivity contribution >= 4 is 58.2 Å². The maximum atomic E-state index is 13.7. The minimum Gasteiger partial charge on any atom is -0.321 e. The number of anilines is 2. The number of nitriles is 1. The quantitative estimate of drug-likeness (QED) is 0.300. The van der Waals surface area contributed by atoms with Gasteiger partial charge in [-0.2, -0.15) is 5.26 Å². The van der Waals surface area contributed by atoms with Crippen LogP contribution in [-0.2, 0) is 16.0 Å². The Labute approximate surface area is 218 Å². The van der Waals surface area contributed by atoms with Gasteiger partial charge in [-0.15, -0.1) is 0 Å². The second kappa shape index (κ2) is 10.6. The molecule has 0 saturated carbocycles. The fourth-order valence-electron chi connectivity index (χ4n) is 3.83. The molecule has 1 fully saturated rings. The second-order valence-electron chi connectivity index (χ2n) is 8.03. The van der Waals surface area contributed by atoms with E-state index in [2.05, 4.69) is 5.32 Å². The van der Waals surface area contributed by atoms with E-state index >= 15 is 0 Å². The van der Waals surface area contributed by atoms with Gasteiger partial charge in [-0.3, -0.25) is 14.5 Å². The number of aryl methyl sites for hydroxylation is 2. The molecule has 0 aliphatic carbocycles. The highest BCUT2D eigenvalue weighted by Gasteiger charge is 2.41. The van der Waals surface area contributed by atoms with Gasteiger partial charge in [0.1, 0.15) is 16.7 Å². The number of amides is 2. The van der Waals surface area contributed by atoms with E-state index in [0.717, 1.165) is 11.1 Å². The first-order chi connectivity index (χ1) is 16.8. The lowest BCUT2D eigenvalue weighted by Crippen LogP contribution is -2.31. The minimum atomic E-state index is -0.614. The molecule has 176 valence electrons. The number of rotatable bonds is 5. The number of nitrogens with zero attached hydrogens (tertiary/aromatic N) is 2. The van der Waals surface area contributed by atoms with Crippen LogP contribution < -0.4 is 10.2 Å². The van der Waals surface area contributed by atoms with Crippen molar-refractivity contribution in [1.29, 1.82) is 5.26 Å². The van der Waals surface area contributed by atoms with E-state index in [1.165, 1.54) is 16.7 Å². The van der Waals surface area contributed by atoms with Crippen molar-refractivity contribution in [3.63, 3.8) is 0 Å². The fourth-order valence-corrected chi connectivity index (χ4v) is 5.66. The predicted molar refractivity (Wildman–Crippen MR) is 143 cm³/mol. The molecule has 1 heterocycles. The third kappa shape index (κ3) is 5.08. The topological polar surface area (TPSA) is 73.2 Å². The molecule has 8 heteroatoms. The van der Waals surface area contributed by atoms with Crippen LogP contribution >= 0.6 is 35.0 Å². The SMILES string of the molecule is Cc1ccccc1NC(=O)/C(C#N)=C1\SC(Cc2c(Cl)cccc2Cl)C(=O)N1c1ccccc1C. The van der Waals surface area contributed by atoms with Crippen LogP contribution in [0.2, 0.25) is 10.0 Å². The molecule has 0 aromatic heterocycles. The Balaban J connectivity index is 1.78. The number of benzene rings is 3. The predicted octanol–water partition coefficient (Wildman–Crippen LogP) is 6.68. The summed E-state index contributed by atoms with van der Waals surface area (Å²) in [6, 6.07) is 21.9. The van der Waals surface area contributed by atoms with Gasteiger partial charge in [-0.1, -0.05) is 77.4 Å². The van der Waals surface area contributed by atoms with Crippen molar-refractivity contribution in [1.82, 2.24) is 0 Å². The number of carbonyl (C=O) groups is 2. The van der Waals surface area contributed by atoms with E-state index in [-0.39, 0.29) is 22.9 Å². The van der Waals surface area contributed by atoms with E-state index in [0.29, 0.717) is 27.0 Å². The molecule has 1 aliphatic heterocycles. The van der Waals surface area contributed by atoms with Gasteiger partial charge in [0.05, 0.1) is 10.9 Å². The molecule has 3 aromatic rings. The highest BCUT2D eigenvalue weighted by molar-refractivity contribution is 8.05. The van der Waals surface area contributed by atoms with Crippen molar-refractivity contribution in [2.45, 2.75) is 25.5 Å². The van der Waals surface area contributed by atoms with Gasteiger partial charge in [0, 0.05) is 15.7 Å². The largest absolute Gasteiger partial charge is 0.321 e. The lowest BCUT2D eigenvalue weighted by Gasteiger charge is -2.21. The standard InChI is InChI=1S/C27H21Cl2N3O2S/c1-16-8-3-5-12-22(16)31-25(33)19(15-30)27-32(23-13-6-4-9-17(23)2)26(34)24(35-27)14-18-20(28)10-7-11-21(18)29/h3-13,24H,14H2,1-2H3,(H,31,33)/b27-19-. The maximum Gasteiger partial charge on any atom is 0.269 e. The van der Waals surface area contributed by atoms with Crippen LogP contribution in [0.5, 0.6) is 0 Å². The summed E-state index contributed by atoms with van der Waals surface area (Å²) in [6.07, 6.45) is 0.256. The highest BCUT2D eigenvalue weighted by atomic mass is 35.5. The highest BCUT2D eigenvalue weighted by Crippen LogP contribution is 2.44. The number of hydrogen-bond donors (Lipinski definition) is 1. The Morgan fingerprint density at radius 3 is 2.26 bits per heavy atom. The zero-order valence-corrected chi connectivity index (χ0v) is 21.3. The first-order valence-corrected chi connectivity index (χ1v) is 12.5. The Bertz CT molecular complexity index is 1380. The summed E-state index contributed by atoms with van der Waals surface area (Å²) in [7, 11) is 0. The molecular formula is C27H21Cl2N3O2S. The molecule has 1 N–H and O–H groups in total. The Morgan fingerprint density at radius 2 is 1.63 bits per heavy atom. The molecule has 3 aromatic carbocycles. The van der Waals surface area contributed by atoms with Crippen LogP contribution in [0.3, 0.4) is 0 Å². The summed E-state index contributed by atoms with van der Waals surface area (Å²) in [6.45, 7) is 3.74. The van der Waals surface area contributed by atoms with Crippen LogP contribution in [0.1, 0.15) is 16.7 Å². The van der Waals surface area contributed by atoms with Crippen molar-refractivity contribution < 1.29 is 9.59 Å². The van der Waals surface area contributed by atoms with Crippen molar-refractivity contribution in [2.75, 3.05) is 10.2 Å². The molecule has 0 radical (unpaired) electrons. The third-order valence-corrected chi connectivity index (χ3v) is 7.68. The molecule has 5 nitrogen and oxygen atoms in total. The van der Waals surface area contributed by atoms with Gasteiger partial charge in [-0.25, -0.2) is 0 Å². The second-order valence-corrected chi connectivity index (χ2v) is 10.0. The average Bonchev–Trinajstić information content (AvgIpc) is 3.14. The number of thioether (sulfide) groups is 1. The third-order valence-electron chi connectivity index (χ3n) is 5.71. The zero-order valence-electron chi connectivity index (χ0n) is 19.0. The molecular weight excluding hydrogens is 501 g/mol. The first kappa shape index (κ1) is 24.9. The van der Waals surface area contributed by atoms with E-state index in [4.69, 9.17) is 23.2 Å². The number of para-hydroxylation sites is 2. The van der Waals surface area contributed by atoms with E-state index in [1.807, 2.05) is 50.2 Å². The normalized spacial score (nSPS) is 16.7. The van der Waals surface area contributed by atoms with Gasteiger partial charge in [0.15, 0.2) is 0 Å². The molecule has 1 saturated heterocycles. The van der Waals surface area contributed by atoms with Crippen molar-refractivity contribution in [3.05, 3.63) is 104 Å². The monoisotopic (exact) mass is 521 g/mol. The number of halogens is 2. The van der Waals surface area contributed by atoms with Gasteiger partial charge in [0.2, 0.25) is 5.91 Å². The number of hydrogen-bond acceptors (Lipinski definition) is 4. The molecule has 0 spiro atoms. The van der Waals surface area contributed by atoms with Crippen LogP contribution in [0.15, 0.2) is 77.3 Å².